The molecular weight excluding hydrogens is 357 g/mol. The molecule has 0 aliphatic rings. The second-order valence-electron chi connectivity index (χ2n) is 4.39. The standard InChI is InChI=1S/C13H16IN3S/c1-9-13(18-8-16-9)7-17(2)6-10-3-4-12(15)11(14)5-10/h3-5,8H,6-7,15H2,1-2H3. The van der Waals surface area contributed by atoms with Crippen LogP contribution in [0.4, 0.5) is 5.69 Å². The Hall–Kier alpha value is -0.660. The molecule has 0 radical (unpaired) electrons. The molecule has 2 rings (SSSR count). The van der Waals surface area contributed by atoms with Crippen molar-refractivity contribution < 1.29 is 0 Å². The number of anilines is 1. The van der Waals surface area contributed by atoms with Gasteiger partial charge in [0.15, 0.2) is 0 Å². The highest BCUT2D eigenvalue weighted by Crippen LogP contribution is 2.19. The zero-order valence-corrected chi connectivity index (χ0v) is 13.5. The van der Waals surface area contributed by atoms with Crippen LogP contribution in [0.2, 0.25) is 0 Å². The first kappa shape index (κ1) is 13.8. The third kappa shape index (κ3) is 3.43. The number of aryl methyl sites for hydroxylation is 1. The van der Waals surface area contributed by atoms with Crippen molar-refractivity contribution in [1.82, 2.24) is 9.88 Å². The van der Waals surface area contributed by atoms with E-state index in [1.807, 2.05) is 11.6 Å². The number of aromatic nitrogens is 1. The van der Waals surface area contributed by atoms with Crippen molar-refractivity contribution in [3.8, 4) is 0 Å². The van der Waals surface area contributed by atoms with Gasteiger partial charge in [-0.05, 0) is 54.3 Å². The lowest BCUT2D eigenvalue weighted by Crippen LogP contribution is -2.17. The van der Waals surface area contributed by atoms with E-state index in [4.69, 9.17) is 5.73 Å². The molecule has 1 aromatic carbocycles. The topological polar surface area (TPSA) is 42.2 Å². The van der Waals surface area contributed by atoms with Gasteiger partial charge < -0.3 is 5.73 Å². The van der Waals surface area contributed by atoms with Crippen molar-refractivity contribution in [1.29, 1.82) is 0 Å². The maximum absolute atomic E-state index is 5.82. The van der Waals surface area contributed by atoms with E-state index < -0.39 is 0 Å². The zero-order valence-electron chi connectivity index (χ0n) is 10.5. The molecular formula is C13H16IN3S. The minimum Gasteiger partial charge on any atom is -0.398 e. The van der Waals surface area contributed by atoms with E-state index in [2.05, 4.69) is 58.6 Å². The number of halogens is 1. The lowest BCUT2D eigenvalue weighted by molar-refractivity contribution is 0.321. The minimum absolute atomic E-state index is 0.848. The molecule has 18 heavy (non-hydrogen) atoms. The normalized spacial score (nSPS) is 11.1. The summed E-state index contributed by atoms with van der Waals surface area (Å²) < 4.78 is 1.12. The molecule has 96 valence electrons. The number of hydrogen-bond acceptors (Lipinski definition) is 4. The molecule has 0 unspecified atom stereocenters. The molecule has 0 amide bonds. The van der Waals surface area contributed by atoms with Crippen molar-refractivity contribution in [2.24, 2.45) is 0 Å². The fourth-order valence-corrected chi connectivity index (χ4v) is 3.20. The van der Waals surface area contributed by atoms with Crippen LogP contribution in [0.15, 0.2) is 23.7 Å². The van der Waals surface area contributed by atoms with Crippen LogP contribution in [-0.4, -0.2) is 16.9 Å². The van der Waals surface area contributed by atoms with Gasteiger partial charge in [-0.3, -0.25) is 4.90 Å². The van der Waals surface area contributed by atoms with Gasteiger partial charge in [0.2, 0.25) is 0 Å². The largest absolute Gasteiger partial charge is 0.398 e. The first-order chi connectivity index (χ1) is 8.56. The molecule has 2 N–H and O–H groups in total. The van der Waals surface area contributed by atoms with E-state index in [0.717, 1.165) is 28.0 Å². The number of nitrogens with zero attached hydrogens (tertiary/aromatic N) is 2. The summed E-state index contributed by atoms with van der Waals surface area (Å²) in [6.45, 7) is 3.93. The van der Waals surface area contributed by atoms with Crippen LogP contribution in [0.3, 0.4) is 0 Å². The lowest BCUT2D eigenvalue weighted by atomic mass is 10.2. The average molecular weight is 373 g/mol. The summed E-state index contributed by atoms with van der Waals surface area (Å²) in [7, 11) is 2.13. The molecule has 0 spiro atoms. The minimum atomic E-state index is 0.848. The summed E-state index contributed by atoms with van der Waals surface area (Å²) in [5.74, 6) is 0. The maximum Gasteiger partial charge on any atom is 0.0798 e. The highest BCUT2D eigenvalue weighted by atomic mass is 127. The number of benzene rings is 1. The van der Waals surface area contributed by atoms with Crippen LogP contribution in [0.5, 0.6) is 0 Å². The molecule has 3 nitrogen and oxygen atoms in total. The van der Waals surface area contributed by atoms with Crippen molar-refractivity contribution >= 4 is 39.6 Å². The molecule has 0 atom stereocenters. The highest BCUT2D eigenvalue weighted by Gasteiger charge is 2.07. The van der Waals surface area contributed by atoms with E-state index in [9.17, 15) is 0 Å². The number of nitrogen functional groups attached to an aromatic ring is 1. The summed E-state index contributed by atoms with van der Waals surface area (Å²) in [6.07, 6.45) is 0. The number of hydrogen-bond donors (Lipinski definition) is 1. The fourth-order valence-electron chi connectivity index (χ4n) is 1.76. The SMILES string of the molecule is Cc1ncsc1CN(C)Cc1ccc(N)c(I)c1. The molecule has 0 aliphatic heterocycles. The van der Waals surface area contributed by atoms with Crippen LogP contribution >= 0.6 is 33.9 Å². The Morgan fingerprint density at radius 1 is 1.39 bits per heavy atom. The smallest absolute Gasteiger partial charge is 0.0798 e. The van der Waals surface area contributed by atoms with E-state index >= 15 is 0 Å². The lowest BCUT2D eigenvalue weighted by Gasteiger charge is -2.16. The molecule has 2 aromatic rings. The van der Waals surface area contributed by atoms with Crippen LogP contribution in [0.25, 0.3) is 0 Å². The van der Waals surface area contributed by atoms with Gasteiger partial charge in [-0.15, -0.1) is 11.3 Å². The monoisotopic (exact) mass is 373 g/mol. The predicted octanol–water partition coefficient (Wildman–Crippen LogP) is 3.27. The summed E-state index contributed by atoms with van der Waals surface area (Å²) >= 11 is 3.99. The van der Waals surface area contributed by atoms with Gasteiger partial charge in [0.1, 0.15) is 0 Å². The fraction of sp³-hybridized carbons (Fsp3) is 0.308. The van der Waals surface area contributed by atoms with Gasteiger partial charge in [0, 0.05) is 27.2 Å². The van der Waals surface area contributed by atoms with Crippen molar-refractivity contribution in [2.75, 3.05) is 12.8 Å². The predicted molar refractivity (Wildman–Crippen MR) is 85.6 cm³/mol. The Balaban J connectivity index is 2.01. The van der Waals surface area contributed by atoms with Gasteiger partial charge in [-0.2, -0.15) is 0 Å². The van der Waals surface area contributed by atoms with Crippen LogP contribution in [0, 0.1) is 10.5 Å². The molecule has 0 bridgehead atoms. The molecule has 0 fully saturated rings. The molecule has 0 saturated carbocycles. The molecule has 5 heteroatoms. The Labute approximate surface area is 125 Å². The summed E-state index contributed by atoms with van der Waals surface area (Å²) in [5.41, 5.74) is 11.0. The van der Waals surface area contributed by atoms with Gasteiger partial charge in [-0.1, -0.05) is 6.07 Å². The highest BCUT2D eigenvalue weighted by molar-refractivity contribution is 14.1. The average Bonchev–Trinajstić information content (AvgIpc) is 2.70. The van der Waals surface area contributed by atoms with Crippen molar-refractivity contribution in [3.05, 3.63) is 43.4 Å². The zero-order chi connectivity index (χ0) is 13.1. The Bertz CT molecular complexity index is 539. The quantitative estimate of drug-likeness (QED) is 0.661. The first-order valence-electron chi connectivity index (χ1n) is 5.67. The summed E-state index contributed by atoms with van der Waals surface area (Å²) in [5, 5.41) is 0. The van der Waals surface area contributed by atoms with Gasteiger partial charge >= 0.3 is 0 Å². The van der Waals surface area contributed by atoms with E-state index in [1.54, 1.807) is 11.3 Å². The molecule has 0 aliphatic carbocycles. The van der Waals surface area contributed by atoms with Crippen molar-refractivity contribution in [2.45, 2.75) is 20.0 Å². The molecule has 0 saturated heterocycles. The van der Waals surface area contributed by atoms with Gasteiger partial charge in [0.05, 0.1) is 11.2 Å². The second-order valence-corrected chi connectivity index (χ2v) is 6.49. The van der Waals surface area contributed by atoms with E-state index in [-0.39, 0.29) is 0 Å². The number of thiazole rings is 1. The van der Waals surface area contributed by atoms with Crippen LogP contribution < -0.4 is 5.73 Å². The number of nitrogens with two attached hydrogens (primary N) is 1. The van der Waals surface area contributed by atoms with E-state index in [0.29, 0.717) is 0 Å². The van der Waals surface area contributed by atoms with E-state index in [1.165, 1.54) is 10.4 Å². The maximum atomic E-state index is 5.82. The third-order valence-corrected chi connectivity index (χ3v) is 4.63. The van der Waals surface area contributed by atoms with Crippen molar-refractivity contribution in [3.63, 3.8) is 0 Å². The van der Waals surface area contributed by atoms with Gasteiger partial charge in [-0.25, -0.2) is 4.98 Å². The van der Waals surface area contributed by atoms with Crippen LogP contribution in [-0.2, 0) is 13.1 Å². The number of rotatable bonds is 4. The second kappa shape index (κ2) is 5.99. The molecule has 1 heterocycles. The summed E-state index contributed by atoms with van der Waals surface area (Å²) in [4.78, 5) is 7.91. The Morgan fingerprint density at radius 3 is 2.78 bits per heavy atom. The third-order valence-electron chi connectivity index (χ3n) is 2.78. The Kier molecular flexibility index (Phi) is 4.58. The molecule has 1 aromatic heterocycles. The summed E-state index contributed by atoms with van der Waals surface area (Å²) in [6, 6.07) is 6.21. The van der Waals surface area contributed by atoms with Crippen LogP contribution in [0.1, 0.15) is 16.1 Å². The Morgan fingerprint density at radius 2 is 2.17 bits per heavy atom. The first-order valence-corrected chi connectivity index (χ1v) is 7.63. The van der Waals surface area contributed by atoms with Gasteiger partial charge in [0.25, 0.3) is 0 Å².